The van der Waals surface area contributed by atoms with Gasteiger partial charge in [0.15, 0.2) is 11.5 Å². The molecule has 6 aromatic rings. The molecule has 0 fully saturated rings. The molecule has 1 aromatic heterocycles. The summed E-state index contributed by atoms with van der Waals surface area (Å²) in [6, 6.07) is 32.7. The summed E-state index contributed by atoms with van der Waals surface area (Å²) in [6.45, 7) is 6.16. The highest BCUT2D eigenvalue weighted by Crippen LogP contribution is 2.33. The van der Waals surface area contributed by atoms with Gasteiger partial charge in [0.25, 0.3) is 0 Å². The van der Waals surface area contributed by atoms with Crippen LogP contribution in [0.2, 0.25) is 0 Å². The van der Waals surface area contributed by atoms with E-state index in [4.69, 9.17) is 4.84 Å². The summed E-state index contributed by atoms with van der Waals surface area (Å²) >= 11 is 0. The first-order valence-electron chi connectivity index (χ1n) is 15.8. The SMILES string of the molecule is CCCCCCn1c2ccc(C(=O)/C(=N/OC(C)=O)c3ccccc3C)cc2c2cc(C(=O)c3ccc4ccccc4c3)ccc21. The maximum absolute atomic E-state index is 14.0. The average Bonchev–Trinajstić information content (AvgIpc) is 3.38. The molecule has 5 aromatic carbocycles. The van der Waals surface area contributed by atoms with Crippen LogP contribution >= 0.6 is 0 Å². The number of carbonyl (C=O) groups excluding carboxylic acids is 3. The maximum atomic E-state index is 14.0. The molecule has 0 aliphatic heterocycles. The number of carbonyl (C=O) groups is 3. The molecule has 6 nitrogen and oxygen atoms in total. The molecule has 230 valence electrons. The van der Waals surface area contributed by atoms with Crippen LogP contribution in [0.25, 0.3) is 32.6 Å². The minimum atomic E-state index is -0.607. The van der Waals surface area contributed by atoms with E-state index in [1.165, 1.54) is 13.3 Å². The second-order valence-corrected chi connectivity index (χ2v) is 11.7. The number of nitrogens with zero attached hydrogens (tertiary/aromatic N) is 2. The number of aromatic nitrogens is 1. The van der Waals surface area contributed by atoms with E-state index in [0.29, 0.717) is 22.3 Å². The lowest BCUT2D eigenvalue weighted by atomic mass is 9.96. The molecule has 0 saturated carbocycles. The molecule has 0 amide bonds. The summed E-state index contributed by atoms with van der Waals surface area (Å²) in [5.41, 5.74) is 5.12. The van der Waals surface area contributed by atoms with Crippen LogP contribution in [0.4, 0.5) is 0 Å². The summed E-state index contributed by atoms with van der Waals surface area (Å²) < 4.78 is 2.29. The number of fused-ring (bicyclic) bond motifs is 4. The summed E-state index contributed by atoms with van der Waals surface area (Å²) in [5.74, 6) is -1.02. The van der Waals surface area contributed by atoms with E-state index in [-0.39, 0.29) is 17.3 Å². The van der Waals surface area contributed by atoms with Crippen LogP contribution in [-0.2, 0) is 16.2 Å². The molecule has 46 heavy (non-hydrogen) atoms. The Kier molecular flexibility index (Phi) is 8.88. The Morgan fingerprint density at radius 3 is 2.04 bits per heavy atom. The molecule has 0 atom stereocenters. The Bertz CT molecular complexity index is 2150. The van der Waals surface area contributed by atoms with Gasteiger partial charge in [-0.15, -0.1) is 0 Å². The summed E-state index contributed by atoms with van der Waals surface area (Å²) in [6.07, 6.45) is 4.47. The topological polar surface area (TPSA) is 77.7 Å². The lowest BCUT2D eigenvalue weighted by Crippen LogP contribution is -2.18. The minimum absolute atomic E-state index is 0.0564. The predicted octanol–water partition coefficient (Wildman–Crippen LogP) is 9.22. The number of Topliss-reactive ketones (excluding diaryl/α,β-unsaturated/α-hetero) is 1. The van der Waals surface area contributed by atoms with Gasteiger partial charge in [0.1, 0.15) is 0 Å². The van der Waals surface area contributed by atoms with Crippen LogP contribution in [0.15, 0.2) is 108 Å². The third-order valence-corrected chi connectivity index (χ3v) is 8.52. The van der Waals surface area contributed by atoms with Crippen LogP contribution in [0.1, 0.15) is 76.9 Å². The maximum Gasteiger partial charge on any atom is 0.332 e. The number of oxime groups is 1. The second kappa shape index (κ2) is 13.3. The van der Waals surface area contributed by atoms with Gasteiger partial charge in [0.05, 0.1) is 0 Å². The fourth-order valence-electron chi connectivity index (χ4n) is 6.12. The van der Waals surface area contributed by atoms with E-state index >= 15 is 0 Å². The molecular weight excluding hydrogens is 572 g/mol. The normalized spacial score (nSPS) is 11.8. The largest absolute Gasteiger partial charge is 0.340 e. The molecule has 0 aliphatic rings. The number of hydrogen-bond donors (Lipinski definition) is 0. The summed E-state index contributed by atoms with van der Waals surface area (Å²) in [5, 5.41) is 7.87. The highest BCUT2D eigenvalue weighted by molar-refractivity contribution is 6.51. The van der Waals surface area contributed by atoms with Crippen LogP contribution in [0, 0.1) is 6.92 Å². The van der Waals surface area contributed by atoms with Gasteiger partial charge in [0.2, 0.25) is 5.78 Å². The lowest BCUT2D eigenvalue weighted by molar-refractivity contribution is -0.140. The zero-order valence-corrected chi connectivity index (χ0v) is 26.4. The predicted molar refractivity (Wildman–Crippen MR) is 185 cm³/mol. The fourth-order valence-corrected chi connectivity index (χ4v) is 6.12. The number of benzene rings is 5. The van der Waals surface area contributed by atoms with Crippen molar-refractivity contribution in [2.45, 2.75) is 53.0 Å². The Labute approximate surface area is 268 Å². The van der Waals surface area contributed by atoms with Crippen molar-refractivity contribution in [1.29, 1.82) is 0 Å². The Balaban J connectivity index is 1.47. The first kappa shape index (κ1) is 30.7. The Morgan fingerprint density at radius 2 is 1.33 bits per heavy atom. The molecule has 0 spiro atoms. The number of ketones is 2. The summed E-state index contributed by atoms with van der Waals surface area (Å²) in [4.78, 5) is 44.4. The van der Waals surface area contributed by atoms with E-state index in [1.807, 2.05) is 97.9 Å². The molecule has 0 N–H and O–H groups in total. The van der Waals surface area contributed by atoms with Gasteiger partial charge < -0.3 is 9.40 Å². The monoisotopic (exact) mass is 608 g/mol. The van der Waals surface area contributed by atoms with E-state index in [1.54, 1.807) is 12.1 Å². The number of aryl methyl sites for hydroxylation is 2. The molecule has 0 radical (unpaired) electrons. The third kappa shape index (κ3) is 6.11. The van der Waals surface area contributed by atoms with Crippen LogP contribution in [-0.4, -0.2) is 27.8 Å². The zero-order chi connectivity index (χ0) is 32.2. The van der Waals surface area contributed by atoms with Crippen molar-refractivity contribution in [2.75, 3.05) is 0 Å². The van der Waals surface area contributed by atoms with Crippen molar-refractivity contribution in [3.8, 4) is 0 Å². The molecule has 6 rings (SSSR count). The van der Waals surface area contributed by atoms with Crippen LogP contribution in [0.5, 0.6) is 0 Å². The van der Waals surface area contributed by atoms with E-state index < -0.39 is 5.97 Å². The second-order valence-electron chi connectivity index (χ2n) is 11.7. The van der Waals surface area contributed by atoms with Crippen molar-refractivity contribution in [2.24, 2.45) is 5.16 Å². The lowest BCUT2D eigenvalue weighted by Gasteiger charge is -2.10. The number of rotatable bonds is 11. The molecule has 1 heterocycles. The van der Waals surface area contributed by atoms with Gasteiger partial charge in [-0.2, -0.15) is 0 Å². The molecule has 6 heteroatoms. The van der Waals surface area contributed by atoms with Crippen LogP contribution < -0.4 is 0 Å². The fraction of sp³-hybridized carbons (Fsp3) is 0.200. The van der Waals surface area contributed by atoms with E-state index in [0.717, 1.165) is 63.9 Å². The highest BCUT2D eigenvalue weighted by atomic mass is 16.7. The van der Waals surface area contributed by atoms with E-state index in [9.17, 15) is 14.4 Å². The Hall–Kier alpha value is -5.36. The first-order chi connectivity index (χ1) is 22.4. The van der Waals surface area contributed by atoms with Crippen LogP contribution in [0.3, 0.4) is 0 Å². The van der Waals surface area contributed by atoms with Crippen molar-refractivity contribution < 1.29 is 19.2 Å². The molecule has 0 bridgehead atoms. The van der Waals surface area contributed by atoms with Gasteiger partial charge in [-0.25, -0.2) is 4.79 Å². The zero-order valence-electron chi connectivity index (χ0n) is 26.4. The minimum Gasteiger partial charge on any atom is -0.340 e. The van der Waals surface area contributed by atoms with Gasteiger partial charge in [0, 0.05) is 57.5 Å². The highest BCUT2D eigenvalue weighted by Gasteiger charge is 2.22. The molecular formula is C40H36N2O4. The quantitative estimate of drug-likeness (QED) is 0.0483. The van der Waals surface area contributed by atoms with E-state index in [2.05, 4.69) is 16.6 Å². The molecule has 0 aliphatic carbocycles. The van der Waals surface area contributed by atoms with Gasteiger partial charge >= 0.3 is 5.97 Å². The number of unbranched alkanes of at least 4 members (excludes halogenated alkanes) is 3. The average molecular weight is 609 g/mol. The van der Waals surface area contributed by atoms with Gasteiger partial charge in [-0.3, -0.25) is 9.59 Å². The standard InChI is InChI=1S/C40H36N2O4/c1-4-5-6-11-22-42-36-20-18-31(39(44)30-17-16-28-13-8-9-14-29(28)23-30)24-34(36)35-25-32(19-21-37(35)42)40(45)38(41-46-27(3)43)33-15-10-7-12-26(33)2/h7-10,12-21,23-25H,4-6,11,22H2,1-3H3/b41-38+. The first-order valence-corrected chi connectivity index (χ1v) is 15.8. The van der Waals surface area contributed by atoms with Crippen molar-refractivity contribution in [1.82, 2.24) is 4.57 Å². The number of hydrogen-bond acceptors (Lipinski definition) is 5. The van der Waals surface area contributed by atoms with Gasteiger partial charge in [-0.1, -0.05) is 92.0 Å². The van der Waals surface area contributed by atoms with Crippen molar-refractivity contribution in [3.05, 3.63) is 131 Å². The molecule has 0 saturated heterocycles. The van der Waals surface area contributed by atoms with Crippen molar-refractivity contribution >= 4 is 55.8 Å². The Morgan fingerprint density at radius 1 is 0.696 bits per heavy atom. The molecule has 0 unspecified atom stereocenters. The summed E-state index contributed by atoms with van der Waals surface area (Å²) in [7, 11) is 0. The smallest absolute Gasteiger partial charge is 0.332 e. The van der Waals surface area contributed by atoms with Crippen molar-refractivity contribution in [3.63, 3.8) is 0 Å². The van der Waals surface area contributed by atoms with Gasteiger partial charge in [-0.05, 0) is 72.1 Å². The third-order valence-electron chi connectivity index (χ3n) is 8.52.